The van der Waals surface area contributed by atoms with Crippen LogP contribution < -0.4 is 19.9 Å². The number of H-pyrrole nitrogens is 2. The number of hydrogen-bond donors (Lipinski definition) is 2. The van der Waals surface area contributed by atoms with Gasteiger partial charge in [-0.1, -0.05) is 0 Å². The van der Waals surface area contributed by atoms with Crippen LogP contribution in [0, 0.1) is 6.92 Å². The summed E-state index contributed by atoms with van der Waals surface area (Å²) in [6.07, 6.45) is 5.34. The molecule has 0 saturated carbocycles. The van der Waals surface area contributed by atoms with Crippen molar-refractivity contribution >= 4 is 28.4 Å². The number of ether oxygens (including phenoxy) is 2. The molecule has 0 aromatic carbocycles. The molecule has 1 saturated heterocycles. The number of aryl methyl sites for hydroxylation is 1. The Labute approximate surface area is 178 Å². The Kier molecular flexibility index (Phi) is 5.04. The van der Waals surface area contributed by atoms with Gasteiger partial charge in [0.2, 0.25) is 0 Å². The van der Waals surface area contributed by atoms with E-state index >= 15 is 0 Å². The second-order valence-electron chi connectivity index (χ2n) is 7.18. The summed E-state index contributed by atoms with van der Waals surface area (Å²) in [5, 5.41) is 3.39. The summed E-state index contributed by atoms with van der Waals surface area (Å²) < 4.78 is 10.7. The number of anilines is 3. The van der Waals surface area contributed by atoms with Crippen molar-refractivity contribution in [3.05, 3.63) is 42.7 Å². The Morgan fingerprint density at radius 2 is 2.06 bits per heavy atom. The Balaban J connectivity index is 1.61. The smallest absolute Gasteiger partial charge is 0.365 e. The van der Waals surface area contributed by atoms with Crippen molar-refractivity contribution in [2.24, 2.45) is 0 Å². The Morgan fingerprint density at radius 3 is 2.84 bits per heavy atom. The highest BCUT2D eigenvalue weighted by atomic mass is 16.5. The topological polar surface area (TPSA) is 115 Å². The zero-order valence-electron chi connectivity index (χ0n) is 17.3. The van der Waals surface area contributed by atoms with Crippen LogP contribution in [0.1, 0.15) is 5.82 Å². The monoisotopic (exact) mass is 419 g/mol. The molecular weight excluding hydrogens is 396 g/mol. The van der Waals surface area contributed by atoms with Crippen molar-refractivity contribution in [2.75, 3.05) is 43.6 Å². The van der Waals surface area contributed by atoms with Gasteiger partial charge in [0.25, 0.3) is 0 Å². The van der Waals surface area contributed by atoms with Crippen LogP contribution >= 0.6 is 0 Å². The van der Waals surface area contributed by atoms with Crippen molar-refractivity contribution in [3.63, 3.8) is 0 Å². The molecule has 5 rings (SSSR count). The van der Waals surface area contributed by atoms with E-state index in [4.69, 9.17) is 19.4 Å². The maximum Gasteiger partial charge on any atom is 0.365 e. The number of pyridine rings is 2. The second-order valence-corrected chi connectivity index (χ2v) is 7.18. The summed E-state index contributed by atoms with van der Waals surface area (Å²) in [7, 11) is 1.62. The molecule has 0 unspecified atom stereocenters. The molecule has 0 bridgehead atoms. The molecule has 0 amide bonds. The first-order valence-corrected chi connectivity index (χ1v) is 10.0. The van der Waals surface area contributed by atoms with E-state index in [0.717, 1.165) is 41.2 Å². The molecular formula is C21H23N8O2+. The van der Waals surface area contributed by atoms with Crippen LogP contribution in [0.2, 0.25) is 0 Å². The first kappa shape index (κ1) is 19.2. The van der Waals surface area contributed by atoms with Crippen molar-refractivity contribution in [2.45, 2.75) is 6.92 Å². The van der Waals surface area contributed by atoms with Gasteiger partial charge in [0.15, 0.2) is 11.8 Å². The highest BCUT2D eigenvalue weighted by Gasteiger charge is 2.19. The van der Waals surface area contributed by atoms with Crippen LogP contribution in [0.4, 0.5) is 17.2 Å². The minimum Gasteiger partial charge on any atom is -0.448 e. The summed E-state index contributed by atoms with van der Waals surface area (Å²) >= 11 is 0. The first-order chi connectivity index (χ1) is 15.2. The quantitative estimate of drug-likeness (QED) is 0.505. The molecule has 1 aliphatic rings. The maximum atomic E-state index is 5.50. The third kappa shape index (κ3) is 3.84. The number of rotatable bonds is 5. The average molecular weight is 419 g/mol. The lowest BCUT2D eigenvalue weighted by Crippen LogP contribution is -2.36. The molecule has 31 heavy (non-hydrogen) atoms. The summed E-state index contributed by atoms with van der Waals surface area (Å²) in [6, 6.07) is 5.88. The summed E-state index contributed by atoms with van der Waals surface area (Å²) in [5.41, 5.74) is 4.88. The molecule has 1 fully saturated rings. The fourth-order valence-electron chi connectivity index (χ4n) is 3.62. The van der Waals surface area contributed by atoms with E-state index in [-0.39, 0.29) is 0 Å². The highest BCUT2D eigenvalue weighted by molar-refractivity contribution is 5.92. The van der Waals surface area contributed by atoms with Crippen LogP contribution in [-0.4, -0.2) is 58.3 Å². The molecule has 10 nitrogen and oxygen atoms in total. The predicted octanol–water partition coefficient (Wildman–Crippen LogP) is 2.13. The highest BCUT2D eigenvalue weighted by Crippen LogP contribution is 2.34. The van der Waals surface area contributed by atoms with Crippen LogP contribution in [0.25, 0.3) is 22.4 Å². The SMILES string of the molecule is COc1ccc(Nc2ncc(N3CCOCC3)cc2-c2nc(C)nc3nc[nH]c23)c[nH+]1. The van der Waals surface area contributed by atoms with Crippen LogP contribution in [0.15, 0.2) is 36.9 Å². The molecule has 0 aliphatic carbocycles. The van der Waals surface area contributed by atoms with Gasteiger partial charge >= 0.3 is 5.88 Å². The second kappa shape index (κ2) is 8.15. The number of methoxy groups -OCH3 is 1. The summed E-state index contributed by atoms with van der Waals surface area (Å²) in [6.45, 7) is 4.92. The molecule has 158 valence electrons. The number of aromatic amines is 2. The number of fused-ring (bicyclic) bond motifs is 1. The number of hydrogen-bond acceptors (Lipinski definition) is 8. The fourth-order valence-corrected chi connectivity index (χ4v) is 3.62. The number of nitrogens with one attached hydrogen (secondary N) is 3. The molecule has 10 heteroatoms. The van der Waals surface area contributed by atoms with E-state index in [1.807, 2.05) is 31.5 Å². The van der Waals surface area contributed by atoms with E-state index < -0.39 is 0 Å². The molecule has 4 aromatic rings. The largest absolute Gasteiger partial charge is 0.448 e. The van der Waals surface area contributed by atoms with Gasteiger partial charge in [-0.05, 0) is 19.1 Å². The summed E-state index contributed by atoms with van der Waals surface area (Å²) in [4.78, 5) is 26.8. The van der Waals surface area contributed by atoms with Gasteiger partial charge in [-0.25, -0.2) is 19.9 Å². The van der Waals surface area contributed by atoms with Gasteiger partial charge in [0.05, 0.1) is 44.6 Å². The van der Waals surface area contributed by atoms with Crippen LogP contribution in [-0.2, 0) is 4.74 Å². The van der Waals surface area contributed by atoms with Gasteiger partial charge in [0, 0.05) is 18.7 Å². The first-order valence-electron chi connectivity index (χ1n) is 10.0. The average Bonchev–Trinajstić information content (AvgIpc) is 3.28. The Morgan fingerprint density at radius 1 is 1.19 bits per heavy atom. The predicted molar refractivity (Wildman–Crippen MR) is 116 cm³/mol. The zero-order chi connectivity index (χ0) is 21.2. The van der Waals surface area contributed by atoms with Gasteiger partial charge in [-0.3, -0.25) is 0 Å². The van der Waals surface area contributed by atoms with Gasteiger partial charge < -0.3 is 24.7 Å². The molecule has 0 radical (unpaired) electrons. The Bertz CT molecular complexity index is 1200. The van der Waals surface area contributed by atoms with E-state index in [0.29, 0.717) is 36.4 Å². The third-order valence-corrected chi connectivity index (χ3v) is 5.17. The van der Waals surface area contributed by atoms with Gasteiger partial charge in [0.1, 0.15) is 28.5 Å². The van der Waals surface area contributed by atoms with Crippen molar-refractivity contribution in [3.8, 4) is 17.1 Å². The number of aromatic nitrogens is 6. The van der Waals surface area contributed by atoms with Gasteiger partial charge in [-0.15, -0.1) is 0 Å². The molecule has 4 aromatic heterocycles. The minimum atomic E-state index is 0.628. The molecule has 0 spiro atoms. The molecule has 3 N–H and O–H groups in total. The number of imidazole rings is 1. The van der Waals surface area contributed by atoms with Crippen LogP contribution in [0.5, 0.6) is 5.88 Å². The molecule has 0 atom stereocenters. The van der Waals surface area contributed by atoms with Crippen molar-refractivity contribution in [1.82, 2.24) is 24.9 Å². The summed E-state index contributed by atoms with van der Waals surface area (Å²) in [5.74, 6) is 2.01. The van der Waals surface area contributed by atoms with Crippen molar-refractivity contribution in [1.29, 1.82) is 0 Å². The van der Waals surface area contributed by atoms with E-state index in [1.54, 1.807) is 13.4 Å². The fraction of sp³-hybridized carbons (Fsp3) is 0.286. The maximum absolute atomic E-state index is 5.50. The third-order valence-electron chi connectivity index (χ3n) is 5.17. The van der Waals surface area contributed by atoms with E-state index in [2.05, 4.69) is 36.2 Å². The number of nitrogens with zero attached hydrogens (tertiary/aromatic N) is 5. The van der Waals surface area contributed by atoms with Gasteiger partial charge in [-0.2, -0.15) is 4.98 Å². The lowest BCUT2D eigenvalue weighted by Gasteiger charge is -2.29. The normalized spacial score (nSPS) is 14.1. The zero-order valence-corrected chi connectivity index (χ0v) is 17.3. The van der Waals surface area contributed by atoms with Crippen molar-refractivity contribution < 1.29 is 14.5 Å². The van der Waals surface area contributed by atoms with E-state index in [9.17, 15) is 0 Å². The lowest BCUT2D eigenvalue weighted by atomic mass is 10.1. The van der Waals surface area contributed by atoms with E-state index in [1.165, 1.54) is 0 Å². The molecule has 5 heterocycles. The minimum absolute atomic E-state index is 0.628. The standard InChI is InChI=1S/C21H22N8O2/c1-13-26-18(19-21(27-13)25-12-24-19)16-9-15(29-5-7-31-8-6-29)11-23-20(16)28-14-3-4-17(30-2)22-10-14/h3-4,9-12H,5-8H2,1-2H3,(H,23,28)(H,24,25,26,27)/p+1. The molecule has 1 aliphatic heterocycles. The Hall–Kier alpha value is -3.79. The number of morpholine rings is 1. The van der Waals surface area contributed by atoms with Crippen LogP contribution in [0.3, 0.4) is 0 Å². The lowest BCUT2D eigenvalue weighted by molar-refractivity contribution is -0.392.